The second-order valence-corrected chi connectivity index (χ2v) is 5.87. The van der Waals surface area contributed by atoms with Crippen LogP contribution in [0.3, 0.4) is 0 Å². The van der Waals surface area contributed by atoms with Crippen molar-refractivity contribution in [1.82, 2.24) is 20.0 Å². The van der Waals surface area contributed by atoms with Gasteiger partial charge >= 0.3 is 5.97 Å². The first-order valence-electron chi connectivity index (χ1n) is 8.44. The molecule has 0 aliphatic heterocycles. The van der Waals surface area contributed by atoms with Gasteiger partial charge in [0.2, 0.25) is 0 Å². The van der Waals surface area contributed by atoms with E-state index in [1.165, 1.54) is 0 Å². The molecule has 8 nitrogen and oxygen atoms in total. The van der Waals surface area contributed by atoms with Crippen LogP contribution in [-0.4, -0.2) is 38.5 Å². The molecule has 0 saturated heterocycles. The Morgan fingerprint density at radius 3 is 2.37 bits per heavy atom. The molecule has 0 spiro atoms. The van der Waals surface area contributed by atoms with Crippen LogP contribution in [0.1, 0.15) is 39.2 Å². The number of ether oxygens (including phenoxy) is 1. The van der Waals surface area contributed by atoms with Crippen LogP contribution < -0.4 is 5.32 Å². The summed E-state index contributed by atoms with van der Waals surface area (Å²) in [6, 6.07) is 11.6. The number of hydrogen-bond acceptors (Lipinski definition) is 6. The van der Waals surface area contributed by atoms with Crippen molar-refractivity contribution >= 4 is 17.6 Å². The van der Waals surface area contributed by atoms with Crippen LogP contribution in [0.15, 0.2) is 42.5 Å². The van der Waals surface area contributed by atoms with Gasteiger partial charge in [0.1, 0.15) is 0 Å². The van der Waals surface area contributed by atoms with Gasteiger partial charge in [-0.25, -0.2) is 9.48 Å². The molecule has 2 heterocycles. The number of aromatic nitrogens is 4. The van der Waals surface area contributed by atoms with Crippen LogP contribution in [-0.2, 0) is 4.74 Å². The van der Waals surface area contributed by atoms with E-state index in [2.05, 4.69) is 20.6 Å². The smallest absolute Gasteiger partial charge is 0.338 e. The number of aryl methyl sites for hydroxylation is 2. The Hall–Kier alpha value is -3.55. The maximum atomic E-state index is 12.3. The second kappa shape index (κ2) is 7.77. The number of nitrogens with one attached hydrogen (secondary N) is 1. The van der Waals surface area contributed by atoms with Crippen molar-refractivity contribution in [1.29, 1.82) is 0 Å². The van der Waals surface area contributed by atoms with Gasteiger partial charge in [-0.2, -0.15) is 5.10 Å². The summed E-state index contributed by atoms with van der Waals surface area (Å²) >= 11 is 0. The Balaban J connectivity index is 1.69. The highest BCUT2D eigenvalue weighted by atomic mass is 16.5. The molecule has 1 amide bonds. The largest absolute Gasteiger partial charge is 0.462 e. The molecule has 0 fully saturated rings. The minimum atomic E-state index is -0.402. The Morgan fingerprint density at radius 1 is 1.07 bits per heavy atom. The highest BCUT2D eigenvalue weighted by Gasteiger charge is 2.12. The van der Waals surface area contributed by atoms with Gasteiger partial charge in [0.25, 0.3) is 5.91 Å². The van der Waals surface area contributed by atoms with Crippen molar-refractivity contribution in [3.8, 4) is 5.82 Å². The molecule has 3 aromatic rings. The molecule has 0 aliphatic carbocycles. The van der Waals surface area contributed by atoms with Crippen molar-refractivity contribution < 1.29 is 14.3 Å². The van der Waals surface area contributed by atoms with Crippen LogP contribution in [0.25, 0.3) is 5.82 Å². The average Bonchev–Trinajstić information content (AvgIpc) is 3.01. The van der Waals surface area contributed by atoms with E-state index < -0.39 is 11.9 Å². The van der Waals surface area contributed by atoms with Crippen LogP contribution in [0.5, 0.6) is 0 Å². The minimum Gasteiger partial charge on any atom is -0.462 e. The van der Waals surface area contributed by atoms with Crippen molar-refractivity contribution in [2.24, 2.45) is 0 Å². The molecule has 1 N–H and O–H groups in total. The topological polar surface area (TPSA) is 99.0 Å². The molecule has 0 radical (unpaired) electrons. The number of carbonyl (C=O) groups is 2. The fraction of sp³-hybridized carbons (Fsp3) is 0.211. The Morgan fingerprint density at radius 2 is 1.81 bits per heavy atom. The van der Waals surface area contributed by atoms with Crippen LogP contribution in [0.4, 0.5) is 5.69 Å². The predicted molar refractivity (Wildman–Crippen MR) is 99.0 cm³/mol. The summed E-state index contributed by atoms with van der Waals surface area (Å²) in [6.07, 6.45) is 0. The Bertz CT molecular complexity index is 962. The van der Waals surface area contributed by atoms with Gasteiger partial charge in [-0.1, -0.05) is 0 Å². The van der Waals surface area contributed by atoms with Gasteiger partial charge < -0.3 is 10.1 Å². The monoisotopic (exact) mass is 365 g/mol. The number of benzene rings is 1. The molecule has 0 atom stereocenters. The van der Waals surface area contributed by atoms with Crippen molar-refractivity contribution in [2.45, 2.75) is 20.8 Å². The van der Waals surface area contributed by atoms with Gasteiger partial charge in [0.05, 0.1) is 17.9 Å². The molecular formula is C19H19N5O3. The lowest BCUT2D eigenvalue weighted by atomic mass is 10.2. The molecule has 27 heavy (non-hydrogen) atoms. The third-order valence-electron chi connectivity index (χ3n) is 3.76. The Labute approximate surface area is 156 Å². The molecule has 138 valence electrons. The van der Waals surface area contributed by atoms with E-state index in [0.29, 0.717) is 23.7 Å². The van der Waals surface area contributed by atoms with E-state index in [9.17, 15) is 9.59 Å². The molecule has 0 aliphatic rings. The molecular weight excluding hydrogens is 346 g/mol. The fourth-order valence-electron chi connectivity index (χ4n) is 2.52. The van der Waals surface area contributed by atoms with Crippen LogP contribution in [0, 0.1) is 13.8 Å². The fourth-order valence-corrected chi connectivity index (χ4v) is 2.52. The van der Waals surface area contributed by atoms with E-state index in [1.54, 1.807) is 48.0 Å². The molecule has 3 rings (SSSR count). The molecule has 8 heteroatoms. The minimum absolute atomic E-state index is 0.176. The lowest BCUT2D eigenvalue weighted by molar-refractivity contribution is 0.0526. The van der Waals surface area contributed by atoms with Gasteiger partial charge in [0, 0.05) is 11.4 Å². The van der Waals surface area contributed by atoms with E-state index in [1.807, 2.05) is 19.9 Å². The van der Waals surface area contributed by atoms with E-state index in [-0.39, 0.29) is 5.69 Å². The highest BCUT2D eigenvalue weighted by Crippen LogP contribution is 2.13. The maximum absolute atomic E-state index is 12.3. The summed E-state index contributed by atoms with van der Waals surface area (Å²) in [5, 5.41) is 15.1. The molecule has 2 aromatic heterocycles. The van der Waals surface area contributed by atoms with Crippen LogP contribution >= 0.6 is 0 Å². The van der Waals surface area contributed by atoms with Crippen molar-refractivity contribution in [3.05, 3.63) is 65.1 Å². The summed E-state index contributed by atoms with van der Waals surface area (Å²) in [5.41, 5.74) is 2.94. The van der Waals surface area contributed by atoms with E-state index >= 15 is 0 Å². The van der Waals surface area contributed by atoms with Gasteiger partial charge in [-0.3, -0.25) is 4.79 Å². The summed E-state index contributed by atoms with van der Waals surface area (Å²) in [5.74, 6) is -0.261. The van der Waals surface area contributed by atoms with Crippen molar-refractivity contribution in [2.75, 3.05) is 11.9 Å². The lowest BCUT2D eigenvalue weighted by Crippen LogP contribution is -2.15. The zero-order valence-corrected chi connectivity index (χ0v) is 15.3. The third-order valence-corrected chi connectivity index (χ3v) is 3.76. The summed E-state index contributed by atoms with van der Waals surface area (Å²) < 4.78 is 6.59. The third kappa shape index (κ3) is 4.17. The first-order chi connectivity index (χ1) is 13.0. The molecule has 1 aromatic carbocycles. The number of esters is 1. The first-order valence-corrected chi connectivity index (χ1v) is 8.44. The first kappa shape index (κ1) is 18.2. The number of nitrogens with zero attached hydrogens (tertiary/aromatic N) is 4. The molecule has 0 unspecified atom stereocenters. The van der Waals surface area contributed by atoms with Crippen molar-refractivity contribution in [3.63, 3.8) is 0 Å². The predicted octanol–water partition coefficient (Wildman–Crippen LogP) is 2.71. The second-order valence-electron chi connectivity index (χ2n) is 5.87. The number of rotatable bonds is 5. The SMILES string of the molecule is CCOC(=O)c1ccc(NC(=O)c2ccc(-n3nc(C)cc3C)nn2)cc1. The van der Waals surface area contributed by atoms with Gasteiger partial charge in [-0.05, 0) is 63.2 Å². The Kier molecular flexibility index (Phi) is 5.25. The van der Waals surface area contributed by atoms with E-state index in [4.69, 9.17) is 4.74 Å². The zero-order chi connectivity index (χ0) is 19.4. The molecule has 0 bridgehead atoms. The maximum Gasteiger partial charge on any atom is 0.338 e. The summed E-state index contributed by atoms with van der Waals surface area (Å²) in [4.78, 5) is 24.0. The zero-order valence-electron chi connectivity index (χ0n) is 15.3. The number of amides is 1. The number of hydrogen-bond donors (Lipinski definition) is 1. The standard InChI is InChI=1S/C19H19N5O3/c1-4-27-19(26)14-5-7-15(8-6-14)20-18(25)16-9-10-17(22-21-16)24-13(3)11-12(2)23-24/h5-11H,4H2,1-3H3,(H,20,25). The van der Waals surface area contributed by atoms with E-state index in [0.717, 1.165) is 11.4 Å². The summed E-state index contributed by atoms with van der Waals surface area (Å²) in [6.45, 7) is 5.87. The average molecular weight is 365 g/mol. The van der Waals surface area contributed by atoms with Gasteiger partial charge in [-0.15, -0.1) is 10.2 Å². The van der Waals surface area contributed by atoms with Crippen LogP contribution in [0.2, 0.25) is 0 Å². The normalized spacial score (nSPS) is 10.5. The lowest BCUT2D eigenvalue weighted by Gasteiger charge is -2.07. The van der Waals surface area contributed by atoms with Gasteiger partial charge in [0.15, 0.2) is 11.5 Å². The quantitative estimate of drug-likeness (QED) is 0.698. The molecule has 0 saturated carbocycles. The highest BCUT2D eigenvalue weighted by molar-refractivity contribution is 6.03. The summed E-state index contributed by atoms with van der Waals surface area (Å²) in [7, 11) is 0. The number of carbonyl (C=O) groups excluding carboxylic acids is 2. The number of anilines is 1.